The minimum Gasteiger partial charge on any atom is -0.347 e. The van der Waals surface area contributed by atoms with Gasteiger partial charge in [-0.15, -0.1) is 11.3 Å². The van der Waals surface area contributed by atoms with Crippen molar-refractivity contribution < 1.29 is 14.0 Å². The molecule has 0 unspecified atom stereocenters. The van der Waals surface area contributed by atoms with Crippen LogP contribution in [0.25, 0.3) is 11.3 Å². The molecule has 2 rings (SSSR count). The summed E-state index contributed by atoms with van der Waals surface area (Å²) in [6, 6.07) is 5.96. The molecule has 0 atom stereocenters. The van der Waals surface area contributed by atoms with E-state index in [0.29, 0.717) is 10.8 Å². The average Bonchev–Trinajstić information content (AvgIpc) is 2.93. The van der Waals surface area contributed by atoms with Gasteiger partial charge in [0.15, 0.2) is 5.13 Å². The number of hydrogen-bond acceptors (Lipinski definition) is 4. The van der Waals surface area contributed by atoms with E-state index >= 15 is 0 Å². The Balaban J connectivity index is 1.93. The summed E-state index contributed by atoms with van der Waals surface area (Å²) in [4.78, 5) is 27.8. The molecule has 0 saturated heterocycles. The number of rotatable bonds is 4. The van der Waals surface area contributed by atoms with Gasteiger partial charge in [-0.05, 0) is 24.3 Å². The molecule has 0 fully saturated rings. The van der Waals surface area contributed by atoms with Gasteiger partial charge in [-0.25, -0.2) is 9.37 Å². The molecular formula is C16H18FN3O2S. The first kappa shape index (κ1) is 17.1. The van der Waals surface area contributed by atoms with E-state index in [1.54, 1.807) is 38.3 Å². The number of amides is 2. The number of aromatic nitrogens is 1. The molecule has 7 heteroatoms. The number of nitrogens with zero attached hydrogens (tertiary/aromatic N) is 1. The lowest BCUT2D eigenvalue weighted by Gasteiger charge is -2.17. The average molecular weight is 335 g/mol. The van der Waals surface area contributed by atoms with Crippen LogP contribution >= 0.6 is 11.3 Å². The van der Waals surface area contributed by atoms with Gasteiger partial charge in [-0.3, -0.25) is 9.59 Å². The molecule has 122 valence electrons. The largest absolute Gasteiger partial charge is 0.347 e. The van der Waals surface area contributed by atoms with Gasteiger partial charge in [-0.1, -0.05) is 20.8 Å². The van der Waals surface area contributed by atoms with E-state index in [1.165, 1.54) is 23.5 Å². The number of halogens is 1. The van der Waals surface area contributed by atoms with Crippen molar-refractivity contribution in [3.05, 3.63) is 35.5 Å². The van der Waals surface area contributed by atoms with Gasteiger partial charge in [0.25, 0.3) is 0 Å². The Kier molecular flexibility index (Phi) is 5.10. The zero-order chi connectivity index (χ0) is 17.0. The quantitative estimate of drug-likeness (QED) is 0.902. The first-order valence-electron chi connectivity index (χ1n) is 7.05. The van der Waals surface area contributed by atoms with E-state index in [2.05, 4.69) is 15.6 Å². The molecule has 1 aromatic carbocycles. The van der Waals surface area contributed by atoms with Crippen LogP contribution in [0.3, 0.4) is 0 Å². The topological polar surface area (TPSA) is 71.1 Å². The molecule has 1 heterocycles. The Morgan fingerprint density at radius 1 is 1.22 bits per heavy atom. The van der Waals surface area contributed by atoms with Crippen LogP contribution in [0.1, 0.15) is 20.8 Å². The van der Waals surface area contributed by atoms with Crippen molar-refractivity contribution in [2.45, 2.75) is 20.8 Å². The zero-order valence-electron chi connectivity index (χ0n) is 13.1. The van der Waals surface area contributed by atoms with Crippen LogP contribution in [0, 0.1) is 11.2 Å². The van der Waals surface area contributed by atoms with Crippen molar-refractivity contribution in [3.63, 3.8) is 0 Å². The SMILES string of the molecule is CC(C)(C)C(=O)NCC(=O)Nc1nc(-c2ccc(F)cc2)cs1. The highest BCUT2D eigenvalue weighted by Crippen LogP contribution is 2.24. The molecule has 0 aliphatic heterocycles. The molecule has 1 aromatic heterocycles. The minimum absolute atomic E-state index is 0.110. The van der Waals surface area contributed by atoms with Crippen LogP contribution in [0.4, 0.5) is 9.52 Å². The van der Waals surface area contributed by atoms with Crippen molar-refractivity contribution in [1.82, 2.24) is 10.3 Å². The smallest absolute Gasteiger partial charge is 0.245 e. The molecule has 0 aliphatic rings. The van der Waals surface area contributed by atoms with E-state index < -0.39 is 5.41 Å². The number of anilines is 1. The fraction of sp³-hybridized carbons (Fsp3) is 0.312. The Hall–Kier alpha value is -2.28. The van der Waals surface area contributed by atoms with Crippen molar-refractivity contribution >= 4 is 28.3 Å². The number of carbonyl (C=O) groups is 2. The number of carbonyl (C=O) groups excluding carboxylic acids is 2. The highest BCUT2D eigenvalue weighted by Gasteiger charge is 2.21. The Labute approximate surface area is 137 Å². The molecule has 2 N–H and O–H groups in total. The van der Waals surface area contributed by atoms with Gasteiger partial charge < -0.3 is 10.6 Å². The number of thiazole rings is 1. The summed E-state index contributed by atoms with van der Waals surface area (Å²) in [6.07, 6.45) is 0. The summed E-state index contributed by atoms with van der Waals surface area (Å²) in [5, 5.41) is 7.41. The van der Waals surface area contributed by atoms with E-state index in [1.807, 2.05) is 0 Å². The second kappa shape index (κ2) is 6.87. The van der Waals surface area contributed by atoms with E-state index in [4.69, 9.17) is 0 Å². The van der Waals surface area contributed by atoms with Crippen molar-refractivity contribution in [2.75, 3.05) is 11.9 Å². The molecule has 5 nitrogen and oxygen atoms in total. The van der Waals surface area contributed by atoms with Gasteiger partial charge in [0, 0.05) is 16.4 Å². The molecule has 0 radical (unpaired) electrons. The fourth-order valence-electron chi connectivity index (χ4n) is 1.67. The zero-order valence-corrected chi connectivity index (χ0v) is 14.0. The molecule has 23 heavy (non-hydrogen) atoms. The molecule has 0 saturated carbocycles. The van der Waals surface area contributed by atoms with Crippen molar-refractivity contribution in [1.29, 1.82) is 0 Å². The Morgan fingerprint density at radius 3 is 2.48 bits per heavy atom. The summed E-state index contributed by atoms with van der Waals surface area (Å²) < 4.78 is 12.9. The van der Waals surface area contributed by atoms with E-state index in [9.17, 15) is 14.0 Å². The van der Waals surface area contributed by atoms with Crippen LogP contribution in [0.5, 0.6) is 0 Å². The molecule has 2 amide bonds. The van der Waals surface area contributed by atoms with Gasteiger partial charge in [0.1, 0.15) is 5.82 Å². The lowest BCUT2D eigenvalue weighted by Crippen LogP contribution is -2.39. The predicted octanol–water partition coefficient (Wildman–Crippen LogP) is 3.05. The van der Waals surface area contributed by atoms with Crippen LogP contribution in [0.2, 0.25) is 0 Å². The molecule has 2 aromatic rings. The van der Waals surface area contributed by atoms with Gasteiger partial charge in [-0.2, -0.15) is 0 Å². The third kappa shape index (κ3) is 4.85. The Morgan fingerprint density at radius 2 is 1.87 bits per heavy atom. The minimum atomic E-state index is -0.544. The number of nitrogens with one attached hydrogen (secondary N) is 2. The second-order valence-corrected chi connectivity index (χ2v) is 6.88. The fourth-order valence-corrected chi connectivity index (χ4v) is 2.41. The van der Waals surface area contributed by atoms with Crippen LogP contribution in [-0.2, 0) is 9.59 Å². The van der Waals surface area contributed by atoms with Crippen LogP contribution < -0.4 is 10.6 Å². The number of benzene rings is 1. The lowest BCUT2D eigenvalue weighted by molar-refractivity contribution is -0.130. The molecule has 0 spiro atoms. The molecule has 0 bridgehead atoms. The number of hydrogen-bond donors (Lipinski definition) is 2. The molecular weight excluding hydrogens is 317 g/mol. The monoisotopic (exact) mass is 335 g/mol. The maximum atomic E-state index is 12.9. The van der Waals surface area contributed by atoms with Gasteiger partial charge in [0.05, 0.1) is 12.2 Å². The highest BCUT2D eigenvalue weighted by molar-refractivity contribution is 7.14. The van der Waals surface area contributed by atoms with Crippen LogP contribution in [-0.4, -0.2) is 23.3 Å². The lowest BCUT2D eigenvalue weighted by atomic mass is 9.96. The van der Waals surface area contributed by atoms with E-state index in [0.717, 1.165) is 5.56 Å². The standard InChI is InChI=1S/C16H18FN3O2S/c1-16(2,3)14(22)18-8-13(21)20-15-19-12(9-23-15)10-4-6-11(17)7-5-10/h4-7,9H,8H2,1-3H3,(H,18,22)(H,19,20,21). The maximum Gasteiger partial charge on any atom is 0.245 e. The first-order valence-corrected chi connectivity index (χ1v) is 7.93. The second-order valence-electron chi connectivity index (χ2n) is 6.03. The summed E-state index contributed by atoms with van der Waals surface area (Å²) in [5.74, 6) is -0.853. The van der Waals surface area contributed by atoms with Crippen LogP contribution in [0.15, 0.2) is 29.6 Å². The van der Waals surface area contributed by atoms with Gasteiger partial charge >= 0.3 is 0 Å². The summed E-state index contributed by atoms with van der Waals surface area (Å²) in [6.45, 7) is 5.21. The Bertz CT molecular complexity index is 705. The normalized spacial score (nSPS) is 11.1. The summed E-state index contributed by atoms with van der Waals surface area (Å²) in [7, 11) is 0. The maximum absolute atomic E-state index is 12.9. The predicted molar refractivity (Wildman–Crippen MR) is 88.6 cm³/mol. The first-order chi connectivity index (χ1) is 10.8. The van der Waals surface area contributed by atoms with Crippen molar-refractivity contribution in [3.8, 4) is 11.3 Å². The third-order valence-electron chi connectivity index (χ3n) is 2.98. The molecule has 0 aliphatic carbocycles. The van der Waals surface area contributed by atoms with Gasteiger partial charge in [0.2, 0.25) is 11.8 Å². The highest BCUT2D eigenvalue weighted by atomic mass is 32.1. The summed E-state index contributed by atoms with van der Waals surface area (Å²) >= 11 is 1.27. The van der Waals surface area contributed by atoms with Crippen molar-refractivity contribution in [2.24, 2.45) is 5.41 Å². The van der Waals surface area contributed by atoms with E-state index in [-0.39, 0.29) is 24.2 Å². The summed E-state index contributed by atoms with van der Waals surface area (Å²) in [5.41, 5.74) is 0.880. The third-order valence-corrected chi connectivity index (χ3v) is 3.74.